The Labute approximate surface area is 291 Å². The molecular weight excluding hydrogens is 625 g/mol. The second-order valence-corrected chi connectivity index (χ2v) is 16.0. The van der Waals surface area contributed by atoms with Crippen LogP contribution in [-0.2, 0) is 0 Å². The van der Waals surface area contributed by atoms with Crippen LogP contribution in [0.25, 0.3) is 38.6 Å². The average molecular weight is 653 g/mol. The van der Waals surface area contributed by atoms with Crippen molar-refractivity contribution in [3.05, 3.63) is 187 Å². The Kier molecular flexibility index (Phi) is 7.63. The molecule has 0 saturated heterocycles. The minimum atomic E-state index is -2.94. The first-order valence-electron chi connectivity index (χ1n) is 16.4. The second kappa shape index (κ2) is 12.6. The lowest BCUT2D eigenvalue weighted by atomic mass is 10.00. The maximum atomic E-state index is 10.6. The highest BCUT2D eigenvalue weighted by molar-refractivity contribution is 7.20. The van der Waals surface area contributed by atoms with Gasteiger partial charge in [0.2, 0.25) is 0 Å². The fourth-order valence-electron chi connectivity index (χ4n) is 7.52. The Morgan fingerprint density at radius 3 is 1.36 bits per heavy atom. The first kappa shape index (κ1) is 30.4. The number of nitrogens with zero attached hydrogens (tertiary/aromatic N) is 4. The molecule has 5 heteroatoms. The summed E-state index contributed by atoms with van der Waals surface area (Å²) in [5.41, 5.74) is 6.49. The number of nitriles is 3. The highest BCUT2D eigenvalue weighted by atomic mass is 28.3. The van der Waals surface area contributed by atoms with Gasteiger partial charge in [-0.15, -0.1) is 0 Å². The SMILES string of the molecule is N#Cc1ccc2c(c1)c1cc(C#N)ccc1n2-c1ccc(-c2c(C#N)cccc2[Si](c2ccccc2)(c2ccccc2)c2ccccc2)cc1. The van der Waals surface area contributed by atoms with Crippen molar-refractivity contribution in [2.45, 2.75) is 0 Å². The summed E-state index contributed by atoms with van der Waals surface area (Å²) in [5.74, 6) is 0. The van der Waals surface area contributed by atoms with E-state index >= 15 is 0 Å². The van der Waals surface area contributed by atoms with Gasteiger partial charge in [-0.1, -0.05) is 115 Å². The maximum absolute atomic E-state index is 10.6. The van der Waals surface area contributed by atoms with E-state index in [1.54, 1.807) is 0 Å². The van der Waals surface area contributed by atoms with Gasteiger partial charge in [-0.3, -0.25) is 0 Å². The van der Waals surface area contributed by atoms with Crippen molar-refractivity contribution >= 4 is 50.6 Å². The summed E-state index contributed by atoms with van der Waals surface area (Å²) in [6, 6.07) is 65.2. The van der Waals surface area contributed by atoms with Crippen LogP contribution in [0, 0.1) is 34.0 Å². The molecule has 8 aromatic rings. The molecule has 4 nitrogen and oxygen atoms in total. The van der Waals surface area contributed by atoms with Crippen molar-refractivity contribution in [2.75, 3.05) is 0 Å². The molecule has 0 saturated carbocycles. The van der Waals surface area contributed by atoms with E-state index in [1.807, 2.05) is 48.5 Å². The zero-order chi connectivity index (χ0) is 34.1. The predicted octanol–water partition coefficient (Wildman–Crippen LogP) is 7.44. The van der Waals surface area contributed by atoms with Gasteiger partial charge < -0.3 is 4.57 Å². The summed E-state index contributed by atoms with van der Waals surface area (Å²) in [6.07, 6.45) is 0. The molecule has 1 heterocycles. The van der Waals surface area contributed by atoms with Crippen LogP contribution in [0.5, 0.6) is 0 Å². The van der Waals surface area contributed by atoms with Crippen LogP contribution in [0.15, 0.2) is 170 Å². The summed E-state index contributed by atoms with van der Waals surface area (Å²) in [6.45, 7) is 0. The molecule has 0 atom stereocenters. The molecular formula is C45H28N4Si. The van der Waals surface area contributed by atoms with Crippen LogP contribution >= 0.6 is 0 Å². The van der Waals surface area contributed by atoms with E-state index in [9.17, 15) is 15.8 Å². The van der Waals surface area contributed by atoms with E-state index in [0.717, 1.165) is 43.8 Å². The van der Waals surface area contributed by atoms with Gasteiger partial charge in [-0.25, -0.2) is 0 Å². The first-order chi connectivity index (χ1) is 24.7. The molecule has 0 spiro atoms. The fourth-order valence-corrected chi connectivity index (χ4v) is 12.5. The number of benzene rings is 7. The minimum absolute atomic E-state index is 0.567. The van der Waals surface area contributed by atoms with Gasteiger partial charge in [0, 0.05) is 16.5 Å². The fraction of sp³-hybridized carbons (Fsp3) is 0. The van der Waals surface area contributed by atoms with E-state index in [2.05, 4.69) is 144 Å². The Hall–Kier alpha value is -6.97. The third-order valence-corrected chi connectivity index (χ3v) is 14.5. The molecule has 1 aromatic heterocycles. The lowest BCUT2D eigenvalue weighted by Gasteiger charge is -2.36. The monoisotopic (exact) mass is 652 g/mol. The van der Waals surface area contributed by atoms with Gasteiger partial charge in [0.05, 0.1) is 45.9 Å². The molecule has 0 N–H and O–H groups in total. The minimum Gasteiger partial charge on any atom is -0.309 e. The summed E-state index contributed by atoms with van der Waals surface area (Å²) >= 11 is 0. The molecule has 232 valence electrons. The molecule has 50 heavy (non-hydrogen) atoms. The summed E-state index contributed by atoms with van der Waals surface area (Å²) < 4.78 is 2.17. The van der Waals surface area contributed by atoms with Gasteiger partial charge in [-0.05, 0) is 86.5 Å². The molecule has 0 unspecified atom stereocenters. The summed E-state index contributed by atoms with van der Waals surface area (Å²) in [5, 5.41) is 36.6. The molecule has 0 fully saturated rings. The molecule has 0 bridgehead atoms. The highest BCUT2D eigenvalue weighted by Crippen LogP contribution is 2.34. The van der Waals surface area contributed by atoms with Gasteiger partial charge in [0.1, 0.15) is 0 Å². The number of aromatic nitrogens is 1. The van der Waals surface area contributed by atoms with Crippen LogP contribution < -0.4 is 20.7 Å². The van der Waals surface area contributed by atoms with E-state index in [0.29, 0.717) is 16.7 Å². The van der Waals surface area contributed by atoms with E-state index < -0.39 is 8.07 Å². The molecule has 0 aliphatic rings. The largest absolute Gasteiger partial charge is 0.309 e. The molecule has 0 aliphatic carbocycles. The summed E-state index contributed by atoms with van der Waals surface area (Å²) in [4.78, 5) is 0. The van der Waals surface area contributed by atoms with Crippen LogP contribution in [-0.4, -0.2) is 12.6 Å². The van der Waals surface area contributed by atoms with Crippen LogP contribution in [0.2, 0.25) is 0 Å². The maximum Gasteiger partial charge on any atom is 0.180 e. The van der Waals surface area contributed by atoms with Gasteiger partial charge in [-0.2, -0.15) is 15.8 Å². The van der Waals surface area contributed by atoms with Crippen LogP contribution in [0.4, 0.5) is 0 Å². The molecule has 0 radical (unpaired) electrons. The van der Waals surface area contributed by atoms with Crippen molar-refractivity contribution < 1.29 is 0 Å². The Morgan fingerprint density at radius 1 is 0.440 bits per heavy atom. The highest BCUT2D eigenvalue weighted by Gasteiger charge is 2.43. The molecule has 8 rings (SSSR count). The van der Waals surface area contributed by atoms with Crippen molar-refractivity contribution in [1.29, 1.82) is 15.8 Å². The van der Waals surface area contributed by atoms with Gasteiger partial charge in [0.15, 0.2) is 8.07 Å². The normalized spacial score (nSPS) is 11.1. The van der Waals surface area contributed by atoms with Crippen molar-refractivity contribution in [3.63, 3.8) is 0 Å². The molecule has 0 amide bonds. The Bertz CT molecular complexity index is 2490. The quantitative estimate of drug-likeness (QED) is 0.138. The van der Waals surface area contributed by atoms with Crippen molar-refractivity contribution in [2.24, 2.45) is 0 Å². The zero-order valence-corrected chi connectivity index (χ0v) is 28.0. The summed E-state index contributed by atoms with van der Waals surface area (Å²) in [7, 11) is -2.94. The third-order valence-electron chi connectivity index (χ3n) is 9.65. The predicted molar refractivity (Wildman–Crippen MR) is 204 cm³/mol. The zero-order valence-electron chi connectivity index (χ0n) is 27.0. The Balaban J connectivity index is 1.39. The average Bonchev–Trinajstić information content (AvgIpc) is 3.52. The Morgan fingerprint density at radius 2 is 0.920 bits per heavy atom. The number of rotatable bonds is 6. The van der Waals surface area contributed by atoms with E-state index in [-0.39, 0.29) is 0 Å². The van der Waals surface area contributed by atoms with E-state index in [1.165, 1.54) is 15.6 Å². The van der Waals surface area contributed by atoms with Gasteiger partial charge >= 0.3 is 0 Å². The number of hydrogen-bond acceptors (Lipinski definition) is 3. The third kappa shape index (κ3) is 4.80. The first-order valence-corrected chi connectivity index (χ1v) is 18.4. The standard InChI is InChI=1S/C45H28N4Si/c46-29-32-19-25-42-40(27-32)41-28-33(30-47)20-26-43(41)49(42)36-23-21-34(22-24-36)45-35(31-48)11-10-18-44(45)50(37-12-4-1-5-13-37,38-14-6-2-7-15-38)39-16-8-3-9-17-39/h1-28H. The molecule has 0 aliphatic heterocycles. The number of hydrogen-bond donors (Lipinski definition) is 0. The van der Waals surface area contributed by atoms with Gasteiger partial charge in [0.25, 0.3) is 0 Å². The van der Waals surface area contributed by atoms with Crippen LogP contribution in [0.3, 0.4) is 0 Å². The lowest BCUT2D eigenvalue weighted by Crippen LogP contribution is -2.75. The van der Waals surface area contributed by atoms with Crippen molar-refractivity contribution in [1.82, 2.24) is 4.57 Å². The van der Waals surface area contributed by atoms with Crippen LogP contribution in [0.1, 0.15) is 16.7 Å². The van der Waals surface area contributed by atoms with Crippen molar-refractivity contribution in [3.8, 4) is 35.0 Å². The molecule has 7 aromatic carbocycles. The van der Waals surface area contributed by atoms with E-state index in [4.69, 9.17) is 0 Å². The topological polar surface area (TPSA) is 76.3 Å². The number of fused-ring (bicyclic) bond motifs is 3. The second-order valence-electron chi connectivity index (χ2n) is 12.3. The lowest BCUT2D eigenvalue weighted by molar-refractivity contribution is 1.18. The smallest absolute Gasteiger partial charge is 0.180 e.